The van der Waals surface area contributed by atoms with E-state index in [1.54, 1.807) is 0 Å². The Morgan fingerprint density at radius 3 is 2.20 bits per heavy atom. The summed E-state index contributed by atoms with van der Waals surface area (Å²) in [5, 5.41) is 3.91. The highest BCUT2D eigenvalue weighted by Crippen LogP contribution is 2.41. The molecule has 0 aromatic carbocycles. The summed E-state index contributed by atoms with van der Waals surface area (Å²) in [6.07, 6.45) is 11.7. The molecule has 0 aliphatic heterocycles. The molecule has 0 aromatic heterocycles. The summed E-state index contributed by atoms with van der Waals surface area (Å²) >= 11 is 0. The minimum atomic E-state index is 0.805. The van der Waals surface area contributed by atoms with Crippen molar-refractivity contribution in [2.75, 3.05) is 6.54 Å². The SMILES string of the molecule is CCNC(C1CC(C)CC(C)C1)C1CCCC(CC)C1. The van der Waals surface area contributed by atoms with Gasteiger partial charge in [0.2, 0.25) is 0 Å². The molecule has 0 aromatic rings. The maximum Gasteiger partial charge on any atom is 0.0124 e. The van der Waals surface area contributed by atoms with Gasteiger partial charge in [-0.2, -0.15) is 0 Å². The standard InChI is InChI=1S/C19H37N/c1-5-16-8-7-9-17(13-16)19(20-6-2)18-11-14(3)10-15(4)12-18/h14-20H,5-13H2,1-4H3. The molecular formula is C19H37N. The summed E-state index contributed by atoms with van der Waals surface area (Å²) in [5.74, 6) is 4.78. The van der Waals surface area contributed by atoms with Crippen LogP contribution >= 0.6 is 0 Å². The molecule has 2 aliphatic rings. The molecule has 2 aliphatic carbocycles. The van der Waals surface area contributed by atoms with Gasteiger partial charge >= 0.3 is 0 Å². The van der Waals surface area contributed by atoms with Crippen molar-refractivity contribution in [3.8, 4) is 0 Å². The molecule has 0 bridgehead atoms. The van der Waals surface area contributed by atoms with E-state index in [0.717, 1.165) is 42.2 Å². The number of hydrogen-bond donors (Lipinski definition) is 1. The number of hydrogen-bond acceptors (Lipinski definition) is 1. The maximum absolute atomic E-state index is 3.91. The van der Waals surface area contributed by atoms with Crippen LogP contribution in [0.4, 0.5) is 0 Å². The Balaban J connectivity index is 2.01. The lowest BCUT2D eigenvalue weighted by Gasteiger charge is -2.43. The number of rotatable bonds is 5. The quantitative estimate of drug-likeness (QED) is 0.724. The van der Waals surface area contributed by atoms with Gasteiger partial charge in [-0.05, 0) is 68.2 Å². The van der Waals surface area contributed by atoms with Gasteiger partial charge in [0.15, 0.2) is 0 Å². The van der Waals surface area contributed by atoms with Crippen molar-refractivity contribution < 1.29 is 0 Å². The lowest BCUT2D eigenvalue weighted by molar-refractivity contribution is 0.111. The zero-order valence-corrected chi connectivity index (χ0v) is 14.3. The first-order valence-electron chi connectivity index (χ1n) is 9.37. The Morgan fingerprint density at radius 2 is 1.60 bits per heavy atom. The molecule has 118 valence electrons. The van der Waals surface area contributed by atoms with Crippen LogP contribution in [0.1, 0.15) is 79.1 Å². The maximum atomic E-state index is 3.91. The molecule has 1 heteroatoms. The van der Waals surface area contributed by atoms with E-state index in [-0.39, 0.29) is 0 Å². The van der Waals surface area contributed by atoms with E-state index in [2.05, 4.69) is 33.0 Å². The highest BCUT2D eigenvalue weighted by Gasteiger charge is 2.35. The summed E-state index contributed by atoms with van der Waals surface area (Å²) in [5.41, 5.74) is 0. The molecule has 0 spiro atoms. The van der Waals surface area contributed by atoms with Crippen molar-refractivity contribution in [2.24, 2.45) is 29.6 Å². The largest absolute Gasteiger partial charge is 0.314 e. The van der Waals surface area contributed by atoms with Crippen molar-refractivity contribution in [1.29, 1.82) is 0 Å². The Bertz CT molecular complexity index is 265. The molecule has 5 atom stereocenters. The lowest BCUT2D eigenvalue weighted by atomic mass is 9.67. The summed E-state index contributed by atoms with van der Waals surface area (Å²) in [6, 6.07) is 0.805. The average molecular weight is 280 g/mol. The van der Waals surface area contributed by atoms with Crippen LogP contribution in [0.3, 0.4) is 0 Å². The second-order valence-corrected chi connectivity index (χ2v) is 7.96. The minimum Gasteiger partial charge on any atom is -0.314 e. The lowest BCUT2D eigenvalue weighted by Crippen LogP contribution is -2.46. The zero-order chi connectivity index (χ0) is 14.5. The first-order valence-corrected chi connectivity index (χ1v) is 9.37. The third-order valence-electron chi connectivity index (χ3n) is 6.07. The minimum absolute atomic E-state index is 0.805. The molecule has 0 saturated heterocycles. The van der Waals surface area contributed by atoms with E-state index in [4.69, 9.17) is 0 Å². The van der Waals surface area contributed by atoms with Crippen molar-refractivity contribution in [2.45, 2.75) is 85.1 Å². The fourth-order valence-electron chi connectivity index (χ4n) is 5.29. The van der Waals surface area contributed by atoms with Crippen LogP contribution in [0.5, 0.6) is 0 Å². The normalized spacial score (nSPS) is 40.5. The van der Waals surface area contributed by atoms with Gasteiger partial charge < -0.3 is 5.32 Å². The molecule has 2 rings (SSSR count). The third-order valence-corrected chi connectivity index (χ3v) is 6.07. The molecule has 1 nitrogen and oxygen atoms in total. The van der Waals surface area contributed by atoms with E-state index in [1.807, 2.05) is 0 Å². The van der Waals surface area contributed by atoms with Crippen LogP contribution in [0.2, 0.25) is 0 Å². The van der Waals surface area contributed by atoms with Crippen LogP contribution in [0, 0.1) is 29.6 Å². The van der Waals surface area contributed by atoms with Crippen molar-refractivity contribution >= 4 is 0 Å². The first-order chi connectivity index (χ1) is 9.63. The molecule has 2 fully saturated rings. The Hall–Kier alpha value is -0.0400. The van der Waals surface area contributed by atoms with Gasteiger partial charge in [-0.1, -0.05) is 47.0 Å². The molecular weight excluding hydrogens is 242 g/mol. The summed E-state index contributed by atoms with van der Waals surface area (Å²) in [7, 11) is 0. The van der Waals surface area contributed by atoms with Crippen LogP contribution < -0.4 is 5.32 Å². The molecule has 5 unspecified atom stereocenters. The van der Waals surface area contributed by atoms with E-state index in [0.29, 0.717) is 0 Å². The third kappa shape index (κ3) is 4.23. The highest BCUT2D eigenvalue weighted by atomic mass is 14.9. The van der Waals surface area contributed by atoms with E-state index >= 15 is 0 Å². The molecule has 2 saturated carbocycles. The first kappa shape index (κ1) is 16.3. The second-order valence-electron chi connectivity index (χ2n) is 7.96. The molecule has 0 heterocycles. The van der Waals surface area contributed by atoms with Crippen molar-refractivity contribution in [3.05, 3.63) is 0 Å². The van der Waals surface area contributed by atoms with Crippen molar-refractivity contribution in [3.63, 3.8) is 0 Å². The second kappa shape index (κ2) is 7.82. The Labute approximate surface area is 127 Å². The molecule has 1 N–H and O–H groups in total. The highest BCUT2D eigenvalue weighted by molar-refractivity contribution is 4.90. The van der Waals surface area contributed by atoms with Gasteiger partial charge in [-0.25, -0.2) is 0 Å². The van der Waals surface area contributed by atoms with E-state index in [1.165, 1.54) is 51.4 Å². The monoisotopic (exact) mass is 279 g/mol. The smallest absolute Gasteiger partial charge is 0.0124 e. The molecule has 20 heavy (non-hydrogen) atoms. The van der Waals surface area contributed by atoms with Gasteiger partial charge in [-0.15, -0.1) is 0 Å². The van der Waals surface area contributed by atoms with Crippen LogP contribution in [0.15, 0.2) is 0 Å². The van der Waals surface area contributed by atoms with Gasteiger partial charge in [0.25, 0.3) is 0 Å². The van der Waals surface area contributed by atoms with Gasteiger partial charge in [0.05, 0.1) is 0 Å². The summed E-state index contributed by atoms with van der Waals surface area (Å²) < 4.78 is 0. The average Bonchev–Trinajstić information content (AvgIpc) is 2.43. The Kier molecular flexibility index (Phi) is 6.39. The van der Waals surface area contributed by atoms with Crippen LogP contribution in [-0.2, 0) is 0 Å². The predicted octanol–water partition coefficient (Wildman–Crippen LogP) is 5.25. The summed E-state index contributed by atoms with van der Waals surface area (Å²) in [4.78, 5) is 0. The fourth-order valence-corrected chi connectivity index (χ4v) is 5.29. The molecule has 0 radical (unpaired) electrons. The van der Waals surface area contributed by atoms with E-state index < -0.39 is 0 Å². The van der Waals surface area contributed by atoms with Crippen molar-refractivity contribution in [1.82, 2.24) is 5.32 Å². The molecule has 0 amide bonds. The van der Waals surface area contributed by atoms with Gasteiger partial charge in [0, 0.05) is 6.04 Å². The van der Waals surface area contributed by atoms with Gasteiger partial charge in [0.1, 0.15) is 0 Å². The number of nitrogens with one attached hydrogen (secondary N) is 1. The van der Waals surface area contributed by atoms with Crippen LogP contribution in [-0.4, -0.2) is 12.6 Å². The predicted molar refractivity (Wildman–Crippen MR) is 88.9 cm³/mol. The van der Waals surface area contributed by atoms with Crippen LogP contribution in [0.25, 0.3) is 0 Å². The fraction of sp³-hybridized carbons (Fsp3) is 1.00. The van der Waals surface area contributed by atoms with E-state index in [9.17, 15) is 0 Å². The Morgan fingerprint density at radius 1 is 0.900 bits per heavy atom. The zero-order valence-electron chi connectivity index (χ0n) is 14.3. The summed E-state index contributed by atoms with van der Waals surface area (Å²) in [6.45, 7) is 10.8. The van der Waals surface area contributed by atoms with Gasteiger partial charge in [-0.3, -0.25) is 0 Å². The topological polar surface area (TPSA) is 12.0 Å².